The number of benzene rings is 4. The number of amides is 4. The van der Waals surface area contributed by atoms with Crippen LogP contribution in [0, 0.1) is 34.5 Å². The van der Waals surface area contributed by atoms with Gasteiger partial charge in [0.05, 0.1) is 39.4 Å². The van der Waals surface area contributed by atoms with E-state index >= 15 is 0 Å². The standard InChI is InChI=1S/C54H61ClN6O9S/c1-32-45(71-31-58-32)34-11-9-33(10-12-34)28-57-48(65)43-25-37(62)29-61(43)49(66)46(52(2,3)4)59-44(63)30-67-23-24-68-38-19-21-40(22-20-38)69-39-16-13-35(14-17-39)47(64)60-50-53(5,6)51(54(50,7)8)70-41-18-15-36(27-56)42(55)26-41/h9-22,26,31,37,43,46,50-51,62H,23-25,28-30H2,1-8H3,(H,57,65)(H,59,63)(H,60,64)/t37-,43+,46?,50-,51-/m1/s1. The number of aliphatic hydroxyl groups excluding tert-OH is 1. The van der Waals surface area contributed by atoms with Gasteiger partial charge in [-0.2, -0.15) is 5.26 Å². The van der Waals surface area contributed by atoms with Crippen LogP contribution in [-0.4, -0.2) is 95.3 Å². The molecule has 1 saturated carbocycles. The Morgan fingerprint density at radius 1 is 0.915 bits per heavy atom. The number of aromatic nitrogens is 1. The maximum atomic E-state index is 14.0. The van der Waals surface area contributed by atoms with Crippen LogP contribution in [-0.2, 0) is 25.7 Å². The third-order valence-corrected chi connectivity index (χ3v) is 14.3. The Morgan fingerprint density at radius 2 is 1.55 bits per heavy atom. The zero-order chi connectivity index (χ0) is 51.3. The van der Waals surface area contributed by atoms with Crippen molar-refractivity contribution in [3.63, 3.8) is 0 Å². The summed E-state index contributed by atoms with van der Waals surface area (Å²) in [5.74, 6) is 0.633. The van der Waals surface area contributed by atoms with Crippen molar-refractivity contribution >= 4 is 46.6 Å². The number of nitriles is 1. The number of β-amino-alcohol motifs (C(OH)–C–C–N with tert-alkyl or cyclic N) is 1. The molecule has 3 atom stereocenters. The summed E-state index contributed by atoms with van der Waals surface area (Å²) in [4.78, 5) is 60.7. The van der Waals surface area contributed by atoms with Gasteiger partial charge >= 0.3 is 0 Å². The first kappa shape index (κ1) is 52.3. The van der Waals surface area contributed by atoms with Crippen molar-refractivity contribution in [1.82, 2.24) is 25.8 Å². The van der Waals surface area contributed by atoms with Gasteiger partial charge in [0.1, 0.15) is 60.5 Å². The molecular formula is C54H61ClN6O9S. The van der Waals surface area contributed by atoms with Crippen LogP contribution in [0.3, 0.4) is 0 Å². The number of ether oxygens (including phenoxy) is 4. The fourth-order valence-electron chi connectivity index (χ4n) is 9.59. The van der Waals surface area contributed by atoms with Crippen molar-refractivity contribution in [3.8, 4) is 39.5 Å². The monoisotopic (exact) mass is 1000 g/mol. The molecule has 1 aliphatic carbocycles. The number of carbonyl (C=O) groups excluding carboxylic acids is 4. The number of aryl methyl sites for hydroxylation is 1. The summed E-state index contributed by atoms with van der Waals surface area (Å²) in [6, 6.07) is 26.6. The van der Waals surface area contributed by atoms with Crippen LogP contribution >= 0.6 is 22.9 Å². The molecule has 4 aromatic carbocycles. The Labute approximate surface area is 423 Å². The summed E-state index contributed by atoms with van der Waals surface area (Å²) in [7, 11) is 0. The van der Waals surface area contributed by atoms with Crippen LogP contribution in [0.15, 0.2) is 96.5 Å². The zero-order valence-electron chi connectivity index (χ0n) is 41.2. The topological polar surface area (TPSA) is 201 Å². The van der Waals surface area contributed by atoms with Crippen LogP contribution in [0.25, 0.3) is 10.4 Å². The number of rotatable bonds is 18. The van der Waals surface area contributed by atoms with Gasteiger partial charge in [-0.1, -0.05) is 84.3 Å². The first-order valence-corrected chi connectivity index (χ1v) is 24.7. The molecule has 4 N–H and O–H groups in total. The molecule has 0 spiro atoms. The minimum atomic E-state index is -0.993. The Hall–Kier alpha value is -6.51. The van der Waals surface area contributed by atoms with Crippen LogP contribution < -0.4 is 30.2 Å². The molecule has 1 aliphatic heterocycles. The smallest absolute Gasteiger partial charge is 0.251 e. The first-order chi connectivity index (χ1) is 33.6. The van der Waals surface area contributed by atoms with Gasteiger partial charge in [-0.15, -0.1) is 11.3 Å². The lowest BCUT2D eigenvalue weighted by molar-refractivity contribution is -0.164. The molecule has 0 radical (unpaired) electrons. The van der Waals surface area contributed by atoms with E-state index in [4.69, 9.17) is 30.5 Å². The van der Waals surface area contributed by atoms with E-state index in [0.717, 1.165) is 21.7 Å². The highest BCUT2D eigenvalue weighted by atomic mass is 35.5. The number of carbonyl (C=O) groups is 4. The molecule has 0 bridgehead atoms. The largest absolute Gasteiger partial charge is 0.491 e. The number of nitrogens with one attached hydrogen (secondary N) is 3. The minimum Gasteiger partial charge on any atom is -0.491 e. The second kappa shape index (κ2) is 21.9. The van der Waals surface area contributed by atoms with Crippen LogP contribution in [0.5, 0.6) is 23.0 Å². The summed E-state index contributed by atoms with van der Waals surface area (Å²) in [5, 5.41) is 29.0. The number of hydrogen-bond acceptors (Lipinski definition) is 12. The average molecular weight is 1010 g/mol. The van der Waals surface area contributed by atoms with E-state index in [1.54, 1.807) is 83.6 Å². The molecule has 17 heteroatoms. The third-order valence-electron chi connectivity index (χ3n) is 13.0. The average Bonchev–Trinajstić information content (AvgIpc) is 3.95. The van der Waals surface area contributed by atoms with Gasteiger partial charge in [0.15, 0.2) is 0 Å². The number of thiazole rings is 1. The molecular weight excluding hydrogens is 944 g/mol. The van der Waals surface area contributed by atoms with Crippen molar-refractivity contribution in [2.75, 3.05) is 26.4 Å². The fourth-order valence-corrected chi connectivity index (χ4v) is 10.6. The molecule has 4 amide bonds. The summed E-state index contributed by atoms with van der Waals surface area (Å²) in [6.45, 7) is 15.7. The Bertz CT molecular complexity index is 2730. The number of hydrogen-bond donors (Lipinski definition) is 4. The Kier molecular flexibility index (Phi) is 16.1. The van der Waals surface area contributed by atoms with Gasteiger partial charge in [-0.25, -0.2) is 4.98 Å². The highest BCUT2D eigenvalue weighted by molar-refractivity contribution is 7.13. The number of halogens is 1. The molecule has 2 fully saturated rings. The Balaban J connectivity index is 0.823. The molecule has 7 rings (SSSR count). The maximum Gasteiger partial charge on any atom is 0.251 e. The van der Waals surface area contributed by atoms with E-state index < -0.39 is 46.2 Å². The molecule has 374 valence electrons. The van der Waals surface area contributed by atoms with Crippen molar-refractivity contribution in [2.24, 2.45) is 16.2 Å². The van der Waals surface area contributed by atoms with E-state index in [1.807, 2.05) is 52.0 Å². The second-order valence-corrected chi connectivity index (χ2v) is 21.5. The summed E-state index contributed by atoms with van der Waals surface area (Å²) >= 11 is 7.81. The fraction of sp³-hybridized carbons (Fsp3) is 0.407. The first-order valence-electron chi connectivity index (χ1n) is 23.5. The third kappa shape index (κ3) is 12.3. The molecule has 2 aliphatic rings. The van der Waals surface area contributed by atoms with Gasteiger partial charge in [0, 0.05) is 48.0 Å². The van der Waals surface area contributed by atoms with Crippen molar-refractivity contribution in [1.29, 1.82) is 5.26 Å². The molecule has 2 heterocycles. The van der Waals surface area contributed by atoms with E-state index in [-0.39, 0.29) is 63.3 Å². The van der Waals surface area contributed by atoms with E-state index in [1.165, 1.54) is 4.90 Å². The molecule has 1 saturated heterocycles. The number of likely N-dealkylation sites (tertiary alicyclic amines) is 1. The lowest BCUT2D eigenvalue weighted by Crippen LogP contribution is -2.74. The highest BCUT2D eigenvalue weighted by Gasteiger charge is 2.64. The van der Waals surface area contributed by atoms with Crippen molar-refractivity contribution < 1.29 is 43.2 Å². The van der Waals surface area contributed by atoms with E-state index in [0.29, 0.717) is 39.1 Å². The second-order valence-electron chi connectivity index (χ2n) is 20.2. The lowest BCUT2D eigenvalue weighted by Gasteiger charge is -2.63. The van der Waals surface area contributed by atoms with Gasteiger partial charge in [0.2, 0.25) is 17.7 Å². The SMILES string of the molecule is Cc1ncsc1-c1ccc(CNC(=O)[C@@H]2C[C@@H](O)CN2C(=O)C(NC(=O)COCCOc2ccc(Oc3ccc(C(=O)N[C@H]4C(C)(C)[C@H](Oc5ccc(C#N)c(Cl)c5)C4(C)C)cc3)cc2)C(C)(C)C)cc1. The van der Waals surface area contributed by atoms with Crippen LogP contribution in [0.2, 0.25) is 5.02 Å². The van der Waals surface area contributed by atoms with Gasteiger partial charge < -0.3 is 44.9 Å². The molecule has 1 aromatic heterocycles. The molecule has 71 heavy (non-hydrogen) atoms. The van der Waals surface area contributed by atoms with Gasteiger partial charge in [-0.05, 0) is 84.1 Å². The van der Waals surface area contributed by atoms with E-state index in [9.17, 15) is 29.5 Å². The van der Waals surface area contributed by atoms with Crippen LogP contribution in [0.4, 0.5) is 0 Å². The quantitative estimate of drug-likeness (QED) is 0.0616. The Morgan fingerprint density at radius 3 is 2.15 bits per heavy atom. The zero-order valence-corrected chi connectivity index (χ0v) is 42.8. The van der Waals surface area contributed by atoms with Crippen molar-refractivity contribution in [3.05, 3.63) is 124 Å². The summed E-state index contributed by atoms with van der Waals surface area (Å²) in [5.41, 5.74) is 4.00. The number of nitrogens with zero attached hydrogens (tertiary/aromatic N) is 3. The summed E-state index contributed by atoms with van der Waals surface area (Å²) < 4.78 is 23.8. The normalized spacial score (nSPS) is 19.4. The lowest BCUT2D eigenvalue weighted by atomic mass is 9.49. The molecule has 15 nitrogen and oxygen atoms in total. The maximum absolute atomic E-state index is 14.0. The molecule has 5 aromatic rings. The van der Waals surface area contributed by atoms with Crippen molar-refractivity contribution in [2.45, 2.75) is 98.7 Å². The minimum absolute atomic E-state index is 0.0330. The highest BCUT2D eigenvalue weighted by Crippen LogP contribution is 2.55. The van der Waals surface area contributed by atoms with Gasteiger partial charge in [-0.3, -0.25) is 19.2 Å². The summed E-state index contributed by atoms with van der Waals surface area (Å²) in [6.07, 6.45) is -1.03. The molecule has 1 unspecified atom stereocenters. The van der Waals surface area contributed by atoms with E-state index in [2.05, 4.69) is 54.7 Å². The predicted octanol–water partition coefficient (Wildman–Crippen LogP) is 8.25. The van der Waals surface area contributed by atoms with Gasteiger partial charge in [0.25, 0.3) is 5.91 Å². The predicted molar refractivity (Wildman–Crippen MR) is 270 cm³/mol. The number of aliphatic hydroxyl groups is 1. The van der Waals surface area contributed by atoms with Crippen LogP contribution in [0.1, 0.15) is 82.1 Å².